The summed E-state index contributed by atoms with van der Waals surface area (Å²) in [6, 6.07) is 12.1. The van der Waals surface area contributed by atoms with Crippen molar-refractivity contribution in [2.45, 2.75) is 13.1 Å². The number of aromatic hydroxyl groups is 1. The van der Waals surface area contributed by atoms with Crippen LogP contribution in [0, 0.1) is 0 Å². The van der Waals surface area contributed by atoms with E-state index in [1.165, 1.54) is 5.56 Å². The summed E-state index contributed by atoms with van der Waals surface area (Å²) in [5.41, 5.74) is 2.34. The molecule has 2 aromatic carbocycles. The SMILES string of the molecule is Oc1c(Br)cc(CNCc2ccc(Br)cc2)cc1Br. The van der Waals surface area contributed by atoms with Gasteiger partial charge in [-0.05, 0) is 67.3 Å². The topological polar surface area (TPSA) is 32.3 Å². The van der Waals surface area contributed by atoms with E-state index in [2.05, 4.69) is 65.2 Å². The van der Waals surface area contributed by atoms with Gasteiger partial charge >= 0.3 is 0 Å². The van der Waals surface area contributed by atoms with Gasteiger partial charge in [0.15, 0.2) is 0 Å². The zero-order valence-corrected chi connectivity index (χ0v) is 14.7. The van der Waals surface area contributed by atoms with Crippen molar-refractivity contribution in [3.63, 3.8) is 0 Å². The van der Waals surface area contributed by atoms with E-state index < -0.39 is 0 Å². The molecule has 0 aliphatic rings. The molecule has 5 heteroatoms. The third-order valence-corrected chi connectivity index (χ3v) is 4.39. The molecule has 0 atom stereocenters. The minimum atomic E-state index is 0.233. The maximum atomic E-state index is 9.64. The van der Waals surface area contributed by atoms with Crippen molar-refractivity contribution in [2.75, 3.05) is 0 Å². The van der Waals surface area contributed by atoms with Crippen molar-refractivity contribution in [3.8, 4) is 5.75 Å². The summed E-state index contributed by atoms with van der Waals surface area (Å²) in [7, 11) is 0. The maximum absolute atomic E-state index is 9.64. The molecule has 100 valence electrons. The van der Waals surface area contributed by atoms with Crippen LogP contribution in [-0.2, 0) is 13.1 Å². The highest BCUT2D eigenvalue weighted by atomic mass is 79.9. The highest BCUT2D eigenvalue weighted by Crippen LogP contribution is 2.33. The van der Waals surface area contributed by atoms with Crippen molar-refractivity contribution >= 4 is 47.8 Å². The Morgan fingerprint density at radius 3 is 1.95 bits per heavy atom. The fourth-order valence-corrected chi connectivity index (χ4v) is 3.22. The Bertz CT molecular complexity index is 546. The summed E-state index contributed by atoms with van der Waals surface area (Å²) in [6.45, 7) is 1.55. The molecule has 0 radical (unpaired) electrons. The predicted molar refractivity (Wildman–Crippen MR) is 88.2 cm³/mol. The van der Waals surface area contributed by atoms with Crippen LogP contribution < -0.4 is 5.32 Å². The minimum absolute atomic E-state index is 0.233. The average Bonchev–Trinajstić information content (AvgIpc) is 2.38. The smallest absolute Gasteiger partial charge is 0.143 e. The molecule has 0 aliphatic heterocycles. The zero-order valence-electron chi connectivity index (χ0n) is 9.96. The second-order valence-corrected chi connectivity index (χ2v) is 6.76. The molecule has 2 rings (SSSR count). The molecule has 0 fully saturated rings. The monoisotopic (exact) mass is 447 g/mol. The van der Waals surface area contributed by atoms with Crippen LogP contribution in [-0.4, -0.2) is 5.11 Å². The second-order valence-electron chi connectivity index (χ2n) is 4.14. The third kappa shape index (κ3) is 4.31. The van der Waals surface area contributed by atoms with Crippen molar-refractivity contribution < 1.29 is 5.11 Å². The van der Waals surface area contributed by atoms with Crippen molar-refractivity contribution in [3.05, 3.63) is 60.9 Å². The molecule has 0 saturated heterocycles. The number of benzene rings is 2. The number of phenolic OH excluding ortho intramolecular Hbond substituents is 1. The number of nitrogens with one attached hydrogen (secondary N) is 1. The number of rotatable bonds is 4. The largest absolute Gasteiger partial charge is 0.506 e. The Kier molecular flexibility index (Phi) is 5.45. The Hall–Kier alpha value is -0.360. The predicted octanol–water partition coefficient (Wildman–Crippen LogP) is 4.97. The summed E-state index contributed by atoms with van der Waals surface area (Å²) in [4.78, 5) is 0. The first-order valence-electron chi connectivity index (χ1n) is 5.68. The van der Waals surface area contributed by atoms with E-state index in [9.17, 15) is 5.11 Å². The van der Waals surface area contributed by atoms with Gasteiger partial charge in [0, 0.05) is 17.6 Å². The van der Waals surface area contributed by atoms with Crippen molar-refractivity contribution in [1.82, 2.24) is 5.32 Å². The van der Waals surface area contributed by atoms with Crippen LogP contribution in [0.5, 0.6) is 5.75 Å². The van der Waals surface area contributed by atoms with Crippen LogP contribution in [0.25, 0.3) is 0 Å². The van der Waals surface area contributed by atoms with Crippen molar-refractivity contribution in [2.24, 2.45) is 0 Å². The minimum Gasteiger partial charge on any atom is -0.506 e. The molecule has 19 heavy (non-hydrogen) atoms. The molecule has 0 aliphatic carbocycles. The second kappa shape index (κ2) is 6.88. The van der Waals surface area contributed by atoms with E-state index in [0.717, 1.165) is 23.1 Å². The van der Waals surface area contributed by atoms with E-state index in [-0.39, 0.29) is 5.75 Å². The Balaban J connectivity index is 1.94. The van der Waals surface area contributed by atoms with Gasteiger partial charge in [0.1, 0.15) is 5.75 Å². The molecule has 0 unspecified atom stereocenters. The van der Waals surface area contributed by atoms with Crippen molar-refractivity contribution in [1.29, 1.82) is 0 Å². The summed E-state index contributed by atoms with van der Waals surface area (Å²) in [5.74, 6) is 0.233. The molecule has 0 spiro atoms. The van der Waals surface area contributed by atoms with Crippen LogP contribution in [0.4, 0.5) is 0 Å². The number of hydrogen-bond donors (Lipinski definition) is 2. The van der Waals surface area contributed by atoms with Gasteiger partial charge in [-0.15, -0.1) is 0 Å². The molecule has 0 saturated carbocycles. The van der Waals surface area contributed by atoms with Crippen LogP contribution >= 0.6 is 47.8 Å². The van der Waals surface area contributed by atoms with E-state index in [4.69, 9.17) is 0 Å². The standard InChI is InChI=1S/C14H12Br3NO/c15-11-3-1-9(2-4-11)7-18-8-10-5-12(16)14(19)13(17)6-10/h1-6,18-19H,7-8H2. The molecular weight excluding hydrogens is 438 g/mol. The van der Waals surface area contributed by atoms with Crippen LogP contribution in [0.3, 0.4) is 0 Å². The first-order chi connectivity index (χ1) is 9.06. The average molecular weight is 450 g/mol. The fourth-order valence-electron chi connectivity index (χ4n) is 1.67. The van der Waals surface area contributed by atoms with E-state index >= 15 is 0 Å². The lowest BCUT2D eigenvalue weighted by molar-refractivity contribution is 0.468. The highest BCUT2D eigenvalue weighted by molar-refractivity contribution is 9.11. The first-order valence-corrected chi connectivity index (χ1v) is 8.06. The molecule has 2 nitrogen and oxygen atoms in total. The molecule has 2 aromatic rings. The summed E-state index contributed by atoms with van der Waals surface area (Å²) in [5, 5.41) is 13.0. The van der Waals surface area contributed by atoms with Crippen LogP contribution in [0.2, 0.25) is 0 Å². The molecule has 0 amide bonds. The van der Waals surface area contributed by atoms with Gasteiger partial charge in [-0.25, -0.2) is 0 Å². The van der Waals surface area contributed by atoms with Gasteiger partial charge in [0.25, 0.3) is 0 Å². The van der Waals surface area contributed by atoms with Gasteiger partial charge in [-0.3, -0.25) is 0 Å². The quantitative estimate of drug-likeness (QED) is 0.690. The zero-order chi connectivity index (χ0) is 13.8. The van der Waals surface area contributed by atoms with Gasteiger partial charge in [-0.2, -0.15) is 0 Å². The van der Waals surface area contributed by atoms with Gasteiger partial charge < -0.3 is 10.4 Å². The van der Waals surface area contributed by atoms with Crippen LogP contribution in [0.1, 0.15) is 11.1 Å². The first kappa shape index (κ1) is 15.0. The Morgan fingerprint density at radius 1 is 0.842 bits per heavy atom. The van der Waals surface area contributed by atoms with E-state index in [1.54, 1.807) is 0 Å². The lowest BCUT2D eigenvalue weighted by Gasteiger charge is -2.08. The maximum Gasteiger partial charge on any atom is 0.143 e. The lowest BCUT2D eigenvalue weighted by Crippen LogP contribution is -2.12. The normalized spacial score (nSPS) is 10.7. The number of halogens is 3. The number of phenols is 1. The molecule has 0 aromatic heterocycles. The molecular formula is C14H12Br3NO. The lowest BCUT2D eigenvalue weighted by atomic mass is 10.2. The third-order valence-electron chi connectivity index (χ3n) is 2.65. The molecule has 0 bridgehead atoms. The molecule has 0 heterocycles. The van der Waals surface area contributed by atoms with E-state index in [1.807, 2.05) is 24.3 Å². The van der Waals surface area contributed by atoms with Gasteiger partial charge in [0.2, 0.25) is 0 Å². The number of hydrogen-bond acceptors (Lipinski definition) is 2. The van der Waals surface area contributed by atoms with Gasteiger partial charge in [0.05, 0.1) is 8.95 Å². The van der Waals surface area contributed by atoms with E-state index in [0.29, 0.717) is 8.95 Å². The van der Waals surface area contributed by atoms with Crippen LogP contribution in [0.15, 0.2) is 49.8 Å². The Morgan fingerprint density at radius 2 is 1.37 bits per heavy atom. The Labute approximate surface area is 137 Å². The summed E-state index contributed by atoms with van der Waals surface area (Å²) < 4.78 is 2.48. The highest BCUT2D eigenvalue weighted by Gasteiger charge is 2.05. The van der Waals surface area contributed by atoms with Gasteiger partial charge in [-0.1, -0.05) is 28.1 Å². The summed E-state index contributed by atoms with van der Waals surface area (Å²) in [6.07, 6.45) is 0. The summed E-state index contributed by atoms with van der Waals surface area (Å²) >= 11 is 10.1. The fraction of sp³-hybridized carbons (Fsp3) is 0.143. The molecule has 2 N–H and O–H groups in total.